The van der Waals surface area contributed by atoms with E-state index in [1.807, 2.05) is 11.3 Å². The first kappa shape index (κ1) is 14.7. The Bertz CT molecular complexity index is 366. The molecule has 0 aliphatic heterocycles. The number of rotatable bonds is 6. The molecule has 1 aromatic heterocycles. The maximum Gasteiger partial charge on any atom is 0.127 e. The van der Waals surface area contributed by atoms with E-state index in [1.165, 1.54) is 36.8 Å². The number of aldehydes is 1. The van der Waals surface area contributed by atoms with E-state index in [-0.39, 0.29) is 5.41 Å². The molecule has 0 saturated heterocycles. The quantitative estimate of drug-likeness (QED) is 0.577. The van der Waals surface area contributed by atoms with Crippen LogP contribution < -0.4 is 0 Å². The Balaban J connectivity index is 1.99. The second kappa shape index (κ2) is 7.20. The fourth-order valence-corrected chi connectivity index (χ4v) is 3.84. The van der Waals surface area contributed by atoms with Crippen LogP contribution in [-0.4, -0.2) is 24.3 Å². The molecule has 0 N–H and O–H groups in total. The van der Waals surface area contributed by atoms with Crippen molar-refractivity contribution < 1.29 is 4.79 Å². The molecule has 1 heterocycles. The summed E-state index contributed by atoms with van der Waals surface area (Å²) in [5, 5.41) is 2.13. The topological polar surface area (TPSA) is 20.3 Å². The Kier molecular flexibility index (Phi) is 5.59. The van der Waals surface area contributed by atoms with Crippen LogP contribution in [0.2, 0.25) is 0 Å². The predicted molar refractivity (Wildman–Crippen MR) is 81.5 cm³/mol. The SMILES string of the molecule is CCN(Cc1cccs1)CC1(C=O)CCCCCC1. The lowest BCUT2D eigenvalue weighted by Gasteiger charge is -2.33. The van der Waals surface area contributed by atoms with Gasteiger partial charge in [-0.2, -0.15) is 0 Å². The Morgan fingerprint density at radius 2 is 2.05 bits per heavy atom. The van der Waals surface area contributed by atoms with E-state index in [9.17, 15) is 4.79 Å². The van der Waals surface area contributed by atoms with Gasteiger partial charge in [0.05, 0.1) is 0 Å². The van der Waals surface area contributed by atoms with E-state index in [4.69, 9.17) is 0 Å². The summed E-state index contributed by atoms with van der Waals surface area (Å²) in [6.45, 7) is 5.14. The summed E-state index contributed by atoms with van der Waals surface area (Å²) < 4.78 is 0. The molecule has 2 rings (SSSR count). The highest BCUT2D eigenvalue weighted by Gasteiger charge is 2.32. The van der Waals surface area contributed by atoms with E-state index in [0.717, 1.165) is 32.5 Å². The molecule has 1 aromatic rings. The number of carbonyl (C=O) groups excluding carboxylic acids is 1. The summed E-state index contributed by atoms with van der Waals surface area (Å²) >= 11 is 1.81. The number of thiophene rings is 1. The van der Waals surface area contributed by atoms with Gasteiger partial charge in [0.2, 0.25) is 0 Å². The predicted octanol–water partition coefficient (Wildman–Crippen LogP) is 4.11. The van der Waals surface area contributed by atoms with Gasteiger partial charge in [-0.1, -0.05) is 38.7 Å². The largest absolute Gasteiger partial charge is 0.303 e. The van der Waals surface area contributed by atoms with Crippen molar-refractivity contribution in [2.75, 3.05) is 13.1 Å². The molecule has 0 atom stereocenters. The Labute approximate surface area is 120 Å². The van der Waals surface area contributed by atoms with Gasteiger partial charge in [0, 0.05) is 23.4 Å². The van der Waals surface area contributed by atoms with E-state index in [1.54, 1.807) is 0 Å². The molecule has 2 nitrogen and oxygen atoms in total. The van der Waals surface area contributed by atoms with Crippen LogP contribution >= 0.6 is 11.3 Å². The molecule has 19 heavy (non-hydrogen) atoms. The summed E-state index contributed by atoms with van der Waals surface area (Å²) in [7, 11) is 0. The van der Waals surface area contributed by atoms with Crippen LogP contribution in [0.3, 0.4) is 0 Å². The summed E-state index contributed by atoms with van der Waals surface area (Å²) in [5.41, 5.74) is -0.0796. The normalized spacial score (nSPS) is 19.3. The standard InChI is InChI=1S/C16H25NOS/c1-2-17(12-15-8-7-11-19-15)13-16(14-18)9-5-3-4-6-10-16/h7-8,11,14H,2-6,9-10,12-13H2,1H3. The molecule has 106 valence electrons. The minimum absolute atomic E-state index is 0.0796. The number of hydrogen-bond donors (Lipinski definition) is 0. The van der Waals surface area contributed by atoms with Crippen LogP contribution in [0.5, 0.6) is 0 Å². The molecule has 0 radical (unpaired) electrons. The van der Waals surface area contributed by atoms with Crippen molar-refractivity contribution >= 4 is 17.6 Å². The summed E-state index contributed by atoms with van der Waals surface area (Å²) in [4.78, 5) is 15.5. The molecule has 1 fully saturated rings. The lowest BCUT2D eigenvalue weighted by Crippen LogP contribution is -2.38. The Morgan fingerprint density at radius 1 is 1.32 bits per heavy atom. The van der Waals surface area contributed by atoms with Crippen LogP contribution in [0.15, 0.2) is 17.5 Å². The summed E-state index contributed by atoms with van der Waals surface area (Å²) in [5.74, 6) is 0. The molecule has 1 saturated carbocycles. The average molecular weight is 279 g/mol. The summed E-state index contributed by atoms with van der Waals surface area (Å²) in [6.07, 6.45) is 8.45. The van der Waals surface area contributed by atoms with Gasteiger partial charge in [-0.3, -0.25) is 4.90 Å². The zero-order chi connectivity index (χ0) is 13.6. The molecule has 3 heteroatoms. The van der Waals surface area contributed by atoms with Gasteiger partial charge in [-0.05, 0) is 30.8 Å². The monoisotopic (exact) mass is 279 g/mol. The zero-order valence-electron chi connectivity index (χ0n) is 11.9. The van der Waals surface area contributed by atoms with Crippen molar-refractivity contribution in [1.82, 2.24) is 4.90 Å². The van der Waals surface area contributed by atoms with Gasteiger partial charge in [0.15, 0.2) is 0 Å². The molecule has 0 bridgehead atoms. The number of hydrogen-bond acceptors (Lipinski definition) is 3. The molecule has 0 amide bonds. The van der Waals surface area contributed by atoms with Crippen LogP contribution in [0.1, 0.15) is 50.3 Å². The Hall–Kier alpha value is -0.670. The van der Waals surface area contributed by atoms with E-state index < -0.39 is 0 Å². The lowest BCUT2D eigenvalue weighted by molar-refractivity contribution is -0.118. The van der Waals surface area contributed by atoms with Gasteiger partial charge in [0.1, 0.15) is 6.29 Å². The number of nitrogens with zero attached hydrogens (tertiary/aromatic N) is 1. The van der Waals surface area contributed by atoms with E-state index in [2.05, 4.69) is 29.3 Å². The van der Waals surface area contributed by atoms with Crippen molar-refractivity contribution in [2.24, 2.45) is 5.41 Å². The first-order chi connectivity index (χ1) is 9.28. The second-order valence-electron chi connectivity index (χ2n) is 5.78. The van der Waals surface area contributed by atoms with Gasteiger partial charge < -0.3 is 4.79 Å². The zero-order valence-corrected chi connectivity index (χ0v) is 12.8. The number of carbonyl (C=O) groups is 1. The van der Waals surface area contributed by atoms with Crippen LogP contribution in [0, 0.1) is 5.41 Å². The second-order valence-corrected chi connectivity index (χ2v) is 6.81. The fourth-order valence-electron chi connectivity index (χ4n) is 3.09. The van der Waals surface area contributed by atoms with Crippen molar-refractivity contribution in [3.63, 3.8) is 0 Å². The highest BCUT2D eigenvalue weighted by molar-refractivity contribution is 7.09. The van der Waals surface area contributed by atoms with Crippen LogP contribution in [-0.2, 0) is 11.3 Å². The van der Waals surface area contributed by atoms with E-state index >= 15 is 0 Å². The first-order valence-electron chi connectivity index (χ1n) is 7.49. The third-order valence-corrected chi connectivity index (χ3v) is 5.16. The smallest absolute Gasteiger partial charge is 0.127 e. The van der Waals surface area contributed by atoms with Crippen molar-refractivity contribution in [3.05, 3.63) is 22.4 Å². The molecule has 0 aromatic carbocycles. The van der Waals surface area contributed by atoms with Gasteiger partial charge in [-0.15, -0.1) is 11.3 Å². The maximum atomic E-state index is 11.7. The first-order valence-corrected chi connectivity index (χ1v) is 8.37. The molecule has 0 spiro atoms. The van der Waals surface area contributed by atoms with Gasteiger partial charge >= 0.3 is 0 Å². The third kappa shape index (κ3) is 4.15. The van der Waals surface area contributed by atoms with Crippen LogP contribution in [0.4, 0.5) is 0 Å². The highest BCUT2D eigenvalue weighted by atomic mass is 32.1. The molecule has 0 unspecified atom stereocenters. The summed E-state index contributed by atoms with van der Waals surface area (Å²) in [6, 6.07) is 4.29. The minimum Gasteiger partial charge on any atom is -0.303 e. The third-order valence-electron chi connectivity index (χ3n) is 4.29. The fraction of sp³-hybridized carbons (Fsp3) is 0.688. The van der Waals surface area contributed by atoms with E-state index in [0.29, 0.717) is 0 Å². The van der Waals surface area contributed by atoms with Crippen LogP contribution in [0.25, 0.3) is 0 Å². The van der Waals surface area contributed by atoms with Gasteiger partial charge in [-0.25, -0.2) is 0 Å². The Morgan fingerprint density at radius 3 is 2.58 bits per heavy atom. The minimum atomic E-state index is -0.0796. The lowest BCUT2D eigenvalue weighted by atomic mass is 9.81. The van der Waals surface area contributed by atoms with Gasteiger partial charge in [0.25, 0.3) is 0 Å². The van der Waals surface area contributed by atoms with Crippen molar-refractivity contribution in [3.8, 4) is 0 Å². The van der Waals surface area contributed by atoms with Crippen molar-refractivity contribution in [2.45, 2.75) is 52.0 Å². The average Bonchev–Trinajstić information content (AvgIpc) is 2.83. The van der Waals surface area contributed by atoms with Crippen molar-refractivity contribution in [1.29, 1.82) is 0 Å². The molecular formula is C16H25NOS. The molecule has 1 aliphatic carbocycles. The molecule has 1 aliphatic rings. The highest BCUT2D eigenvalue weighted by Crippen LogP contribution is 2.34. The molecular weight excluding hydrogens is 254 g/mol. The maximum absolute atomic E-state index is 11.7.